The van der Waals surface area contributed by atoms with E-state index in [9.17, 15) is 29.4 Å². The lowest BCUT2D eigenvalue weighted by Crippen LogP contribution is -2.39. The summed E-state index contributed by atoms with van der Waals surface area (Å²) >= 11 is 0. The lowest BCUT2D eigenvalue weighted by atomic mass is 9.78. The number of rotatable bonds is 18. The summed E-state index contributed by atoms with van der Waals surface area (Å²) in [5, 5.41) is 36.1. The van der Waals surface area contributed by atoms with Crippen LogP contribution < -0.4 is 0 Å². The van der Waals surface area contributed by atoms with Crippen LogP contribution in [0.4, 0.5) is 0 Å². The van der Waals surface area contributed by atoms with Gasteiger partial charge in [-0.3, -0.25) is 19.2 Å². The SMILES string of the molecule is O=C(O)CCCCCCCC(CCCCCCCC(=O)O)(C(=O)O)C(=O)O. The minimum atomic E-state index is -1.78. The van der Waals surface area contributed by atoms with E-state index in [1.54, 1.807) is 0 Å². The average molecular weight is 388 g/mol. The van der Waals surface area contributed by atoms with Crippen LogP contribution in [0.15, 0.2) is 0 Å². The number of carboxylic acid groups (broad SMARTS) is 4. The van der Waals surface area contributed by atoms with Gasteiger partial charge < -0.3 is 20.4 Å². The van der Waals surface area contributed by atoms with Crippen LogP contribution in [0.2, 0.25) is 0 Å². The van der Waals surface area contributed by atoms with Crippen molar-refractivity contribution in [3.63, 3.8) is 0 Å². The molecule has 0 bridgehead atoms. The number of hydrogen-bond acceptors (Lipinski definition) is 4. The summed E-state index contributed by atoms with van der Waals surface area (Å²) in [6, 6.07) is 0. The molecule has 0 aliphatic carbocycles. The van der Waals surface area contributed by atoms with Crippen LogP contribution in [0.1, 0.15) is 89.9 Å². The molecule has 156 valence electrons. The first-order valence-electron chi connectivity index (χ1n) is 9.63. The van der Waals surface area contributed by atoms with Gasteiger partial charge in [0.2, 0.25) is 0 Å². The van der Waals surface area contributed by atoms with E-state index in [1.165, 1.54) is 0 Å². The molecule has 0 aliphatic heterocycles. The summed E-state index contributed by atoms with van der Waals surface area (Å²) in [5.41, 5.74) is -1.78. The summed E-state index contributed by atoms with van der Waals surface area (Å²) in [6.45, 7) is 0. The molecular weight excluding hydrogens is 356 g/mol. The lowest BCUT2D eigenvalue weighted by Gasteiger charge is -2.25. The summed E-state index contributed by atoms with van der Waals surface area (Å²) in [6.07, 6.45) is 6.78. The molecule has 0 radical (unpaired) electrons. The molecule has 0 aliphatic rings. The molecule has 0 amide bonds. The van der Waals surface area contributed by atoms with Gasteiger partial charge in [0, 0.05) is 12.8 Å². The van der Waals surface area contributed by atoms with Gasteiger partial charge in [0.25, 0.3) is 0 Å². The van der Waals surface area contributed by atoms with E-state index in [0.29, 0.717) is 38.5 Å². The molecule has 0 aromatic rings. The molecule has 0 aromatic heterocycles. The van der Waals surface area contributed by atoms with Crippen LogP contribution in [-0.2, 0) is 19.2 Å². The fraction of sp³-hybridized carbons (Fsp3) is 0.789. The van der Waals surface area contributed by atoms with Crippen molar-refractivity contribution in [2.75, 3.05) is 0 Å². The van der Waals surface area contributed by atoms with Crippen molar-refractivity contribution in [1.82, 2.24) is 0 Å². The van der Waals surface area contributed by atoms with Gasteiger partial charge in [0.05, 0.1) is 0 Å². The minimum Gasteiger partial charge on any atom is -0.481 e. The fourth-order valence-corrected chi connectivity index (χ4v) is 3.11. The predicted molar refractivity (Wildman–Crippen MR) is 97.6 cm³/mol. The van der Waals surface area contributed by atoms with Crippen LogP contribution in [0.25, 0.3) is 0 Å². The molecule has 0 fully saturated rings. The Morgan fingerprint density at radius 3 is 1.07 bits per heavy atom. The zero-order valence-corrected chi connectivity index (χ0v) is 15.8. The van der Waals surface area contributed by atoms with Crippen LogP contribution in [-0.4, -0.2) is 44.3 Å². The van der Waals surface area contributed by atoms with E-state index in [1.807, 2.05) is 0 Å². The quantitative estimate of drug-likeness (QED) is 0.205. The molecule has 0 heterocycles. The Morgan fingerprint density at radius 2 is 0.778 bits per heavy atom. The summed E-state index contributed by atoms with van der Waals surface area (Å²) in [7, 11) is 0. The van der Waals surface area contributed by atoms with Crippen molar-refractivity contribution < 1.29 is 39.6 Å². The second-order valence-corrected chi connectivity index (χ2v) is 7.02. The zero-order chi connectivity index (χ0) is 20.7. The topological polar surface area (TPSA) is 149 Å². The standard InChI is InChI=1S/C19H32O8/c20-15(21)11-7-3-1-5-9-13-19(17(24)25,18(26)27)14-10-6-2-4-8-12-16(22)23/h1-14H2,(H,20,21)(H,22,23)(H,24,25)(H,26,27). The van der Waals surface area contributed by atoms with Crippen molar-refractivity contribution in [2.24, 2.45) is 5.41 Å². The van der Waals surface area contributed by atoms with Gasteiger partial charge in [-0.25, -0.2) is 0 Å². The molecule has 0 unspecified atom stereocenters. The average Bonchev–Trinajstić information content (AvgIpc) is 2.57. The Bertz CT molecular complexity index is 442. The summed E-state index contributed by atoms with van der Waals surface area (Å²) in [5.74, 6) is -4.30. The summed E-state index contributed by atoms with van der Waals surface area (Å²) in [4.78, 5) is 44.1. The normalized spacial score (nSPS) is 11.3. The van der Waals surface area contributed by atoms with Gasteiger partial charge in [-0.2, -0.15) is 0 Å². The highest BCUT2D eigenvalue weighted by atomic mass is 16.4. The van der Waals surface area contributed by atoms with Gasteiger partial charge in [-0.05, 0) is 25.7 Å². The lowest BCUT2D eigenvalue weighted by molar-refractivity contribution is -0.166. The first-order valence-corrected chi connectivity index (χ1v) is 9.63. The molecule has 0 atom stereocenters. The largest absolute Gasteiger partial charge is 0.481 e. The molecule has 27 heavy (non-hydrogen) atoms. The first-order chi connectivity index (χ1) is 12.7. The number of carbonyl (C=O) groups is 4. The molecule has 0 spiro atoms. The Hall–Kier alpha value is -2.12. The number of aliphatic carboxylic acids is 4. The highest BCUT2D eigenvalue weighted by Gasteiger charge is 2.45. The Morgan fingerprint density at radius 1 is 0.481 bits per heavy atom. The third-order valence-electron chi connectivity index (χ3n) is 4.81. The highest BCUT2D eigenvalue weighted by molar-refractivity contribution is 5.98. The van der Waals surface area contributed by atoms with Crippen molar-refractivity contribution in [1.29, 1.82) is 0 Å². The van der Waals surface area contributed by atoms with E-state index in [4.69, 9.17) is 10.2 Å². The maximum Gasteiger partial charge on any atom is 0.321 e. The third-order valence-corrected chi connectivity index (χ3v) is 4.81. The highest BCUT2D eigenvalue weighted by Crippen LogP contribution is 2.33. The molecule has 4 N–H and O–H groups in total. The number of unbranched alkanes of at least 4 members (excludes halogenated alkanes) is 8. The monoisotopic (exact) mass is 388 g/mol. The first kappa shape index (κ1) is 24.9. The van der Waals surface area contributed by atoms with Gasteiger partial charge in [0.15, 0.2) is 5.41 Å². The summed E-state index contributed by atoms with van der Waals surface area (Å²) < 4.78 is 0. The van der Waals surface area contributed by atoms with Crippen LogP contribution >= 0.6 is 0 Å². The molecule has 0 saturated heterocycles. The van der Waals surface area contributed by atoms with Gasteiger partial charge in [-0.15, -0.1) is 0 Å². The molecular formula is C19H32O8. The molecule has 8 nitrogen and oxygen atoms in total. The van der Waals surface area contributed by atoms with E-state index >= 15 is 0 Å². The van der Waals surface area contributed by atoms with Crippen molar-refractivity contribution in [3.05, 3.63) is 0 Å². The van der Waals surface area contributed by atoms with E-state index < -0.39 is 29.3 Å². The maximum absolute atomic E-state index is 11.6. The Kier molecular flexibility index (Phi) is 12.9. The fourth-order valence-electron chi connectivity index (χ4n) is 3.11. The zero-order valence-electron chi connectivity index (χ0n) is 15.8. The van der Waals surface area contributed by atoms with Gasteiger partial charge >= 0.3 is 23.9 Å². The van der Waals surface area contributed by atoms with Crippen molar-refractivity contribution in [2.45, 2.75) is 89.9 Å². The van der Waals surface area contributed by atoms with Crippen LogP contribution in [0.3, 0.4) is 0 Å². The smallest absolute Gasteiger partial charge is 0.321 e. The molecule has 0 saturated carbocycles. The van der Waals surface area contributed by atoms with E-state index in [0.717, 1.165) is 25.7 Å². The maximum atomic E-state index is 11.6. The number of carboxylic acids is 4. The second-order valence-electron chi connectivity index (χ2n) is 7.02. The van der Waals surface area contributed by atoms with E-state index in [-0.39, 0.29) is 25.7 Å². The molecule has 0 rings (SSSR count). The molecule has 0 aromatic carbocycles. The van der Waals surface area contributed by atoms with Crippen LogP contribution in [0, 0.1) is 5.41 Å². The number of hydrogen-bond donors (Lipinski definition) is 4. The van der Waals surface area contributed by atoms with Gasteiger partial charge in [-0.1, -0.05) is 51.4 Å². The second kappa shape index (κ2) is 14.0. The Balaban J connectivity index is 4.24. The van der Waals surface area contributed by atoms with Crippen molar-refractivity contribution >= 4 is 23.9 Å². The van der Waals surface area contributed by atoms with Crippen LogP contribution in [0.5, 0.6) is 0 Å². The Labute approximate surface area is 159 Å². The van der Waals surface area contributed by atoms with Gasteiger partial charge in [0.1, 0.15) is 0 Å². The molecule has 8 heteroatoms. The van der Waals surface area contributed by atoms with E-state index in [2.05, 4.69) is 0 Å². The van der Waals surface area contributed by atoms with Crippen molar-refractivity contribution in [3.8, 4) is 0 Å². The minimum absolute atomic E-state index is 0.0651. The predicted octanol–water partition coefficient (Wildman–Crippen LogP) is 3.77. The third kappa shape index (κ3) is 11.2.